The Hall–Kier alpha value is -0.820. The van der Waals surface area contributed by atoms with E-state index in [4.69, 9.17) is 0 Å². The van der Waals surface area contributed by atoms with Crippen molar-refractivity contribution < 1.29 is 5.11 Å². The molecule has 0 aromatic heterocycles. The molecule has 0 spiro atoms. The van der Waals surface area contributed by atoms with Crippen LogP contribution in [0.1, 0.15) is 31.1 Å². The van der Waals surface area contributed by atoms with Crippen LogP contribution in [0.15, 0.2) is 24.3 Å². The van der Waals surface area contributed by atoms with Crippen LogP contribution in [0.2, 0.25) is 0 Å². The van der Waals surface area contributed by atoms with Crippen molar-refractivity contribution in [2.75, 3.05) is 0 Å². The molecule has 1 aromatic carbocycles. The Morgan fingerprint density at radius 1 is 1.31 bits per heavy atom. The summed E-state index contributed by atoms with van der Waals surface area (Å²) in [6, 6.07) is 8.22. The molecule has 0 fully saturated rings. The quantitative estimate of drug-likeness (QED) is 0.697. The third kappa shape index (κ3) is 1.37. The predicted molar refractivity (Wildman–Crippen MR) is 53.4 cm³/mol. The minimum atomic E-state index is -0.240. The van der Waals surface area contributed by atoms with E-state index in [2.05, 4.69) is 19.9 Å². The largest absolute Gasteiger partial charge is 0.388 e. The average Bonchev–Trinajstić information content (AvgIpc) is 2.45. The average molecular weight is 176 g/mol. The SMILES string of the molecule is CC(C)C1Cc2ccccc2[C@@H]1O. The lowest BCUT2D eigenvalue weighted by atomic mass is 9.91. The van der Waals surface area contributed by atoms with Crippen LogP contribution < -0.4 is 0 Å². The first kappa shape index (κ1) is 8.76. The fourth-order valence-corrected chi connectivity index (χ4v) is 2.21. The van der Waals surface area contributed by atoms with Gasteiger partial charge in [-0.15, -0.1) is 0 Å². The first-order valence-corrected chi connectivity index (χ1v) is 4.96. The number of aliphatic hydroxyl groups excluding tert-OH is 1. The molecule has 0 aliphatic heterocycles. The van der Waals surface area contributed by atoms with Gasteiger partial charge in [0.1, 0.15) is 0 Å². The summed E-state index contributed by atoms with van der Waals surface area (Å²) in [5.41, 5.74) is 2.47. The van der Waals surface area contributed by atoms with Gasteiger partial charge < -0.3 is 5.11 Å². The molecule has 1 nitrogen and oxygen atoms in total. The Morgan fingerprint density at radius 3 is 2.62 bits per heavy atom. The Kier molecular flexibility index (Phi) is 2.12. The van der Waals surface area contributed by atoms with E-state index in [0.29, 0.717) is 11.8 Å². The molecule has 0 radical (unpaired) electrons. The highest BCUT2D eigenvalue weighted by atomic mass is 16.3. The summed E-state index contributed by atoms with van der Waals surface area (Å²) in [6.07, 6.45) is 0.797. The number of hydrogen-bond donors (Lipinski definition) is 1. The van der Waals surface area contributed by atoms with Crippen LogP contribution in [-0.2, 0) is 6.42 Å². The van der Waals surface area contributed by atoms with Crippen molar-refractivity contribution in [3.8, 4) is 0 Å². The zero-order valence-corrected chi connectivity index (χ0v) is 8.20. The van der Waals surface area contributed by atoms with Crippen molar-refractivity contribution in [1.82, 2.24) is 0 Å². The molecule has 2 rings (SSSR count). The van der Waals surface area contributed by atoms with Crippen LogP contribution in [0.25, 0.3) is 0 Å². The monoisotopic (exact) mass is 176 g/mol. The van der Waals surface area contributed by atoms with Crippen molar-refractivity contribution >= 4 is 0 Å². The lowest BCUT2D eigenvalue weighted by molar-refractivity contribution is 0.0968. The van der Waals surface area contributed by atoms with Gasteiger partial charge in [-0.25, -0.2) is 0 Å². The number of benzene rings is 1. The van der Waals surface area contributed by atoms with E-state index >= 15 is 0 Å². The van der Waals surface area contributed by atoms with Gasteiger partial charge in [0.25, 0.3) is 0 Å². The number of hydrogen-bond acceptors (Lipinski definition) is 1. The molecule has 1 heteroatoms. The zero-order valence-electron chi connectivity index (χ0n) is 8.20. The first-order chi connectivity index (χ1) is 6.20. The van der Waals surface area contributed by atoms with E-state index in [1.807, 2.05) is 18.2 Å². The molecule has 1 aromatic rings. The van der Waals surface area contributed by atoms with Crippen LogP contribution in [0.5, 0.6) is 0 Å². The minimum Gasteiger partial charge on any atom is -0.388 e. The summed E-state index contributed by atoms with van der Waals surface area (Å²) in [5, 5.41) is 10.0. The lowest BCUT2D eigenvalue weighted by Gasteiger charge is -2.18. The molecule has 1 unspecified atom stereocenters. The lowest BCUT2D eigenvalue weighted by Crippen LogP contribution is -2.13. The van der Waals surface area contributed by atoms with Crippen LogP contribution in [0, 0.1) is 11.8 Å². The number of fused-ring (bicyclic) bond motifs is 1. The molecular formula is C12H16O. The van der Waals surface area contributed by atoms with Crippen LogP contribution in [0.3, 0.4) is 0 Å². The Bertz CT molecular complexity index is 304. The van der Waals surface area contributed by atoms with E-state index < -0.39 is 0 Å². The van der Waals surface area contributed by atoms with E-state index in [0.717, 1.165) is 12.0 Å². The van der Waals surface area contributed by atoms with E-state index in [1.165, 1.54) is 5.56 Å². The number of aliphatic hydroxyl groups is 1. The topological polar surface area (TPSA) is 20.2 Å². The van der Waals surface area contributed by atoms with Crippen molar-refractivity contribution in [2.45, 2.75) is 26.4 Å². The van der Waals surface area contributed by atoms with E-state index in [-0.39, 0.29) is 6.10 Å². The fourth-order valence-electron chi connectivity index (χ4n) is 2.21. The molecule has 1 aliphatic carbocycles. The van der Waals surface area contributed by atoms with Gasteiger partial charge in [0, 0.05) is 0 Å². The highest BCUT2D eigenvalue weighted by Gasteiger charge is 2.32. The van der Waals surface area contributed by atoms with E-state index in [1.54, 1.807) is 0 Å². The molecule has 1 N–H and O–H groups in total. The van der Waals surface area contributed by atoms with Crippen molar-refractivity contribution in [1.29, 1.82) is 0 Å². The van der Waals surface area contributed by atoms with Gasteiger partial charge in [0.05, 0.1) is 6.10 Å². The molecule has 70 valence electrons. The van der Waals surface area contributed by atoms with Crippen molar-refractivity contribution in [3.05, 3.63) is 35.4 Å². The number of rotatable bonds is 1. The summed E-state index contributed by atoms with van der Waals surface area (Å²) < 4.78 is 0. The second-order valence-electron chi connectivity index (χ2n) is 4.26. The molecule has 1 aliphatic rings. The molecule has 2 atom stereocenters. The summed E-state index contributed by atoms with van der Waals surface area (Å²) in [6.45, 7) is 4.36. The molecule has 0 bridgehead atoms. The highest BCUT2D eigenvalue weighted by Crippen LogP contribution is 2.39. The van der Waals surface area contributed by atoms with Gasteiger partial charge in [-0.3, -0.25) is 0 Å². The van der Waals surface area contributed by atoms with Gasteiger partial charge in [0.15, 0.2) is 0 Å². The smallest absolute Gasteiger partial charge is 0.0826 e. The third-order valence-electron chi connectivity index (χ3n) is 3.09. The maximum absolute atomic E-state index is 10.0. The van der Waals surface area contributed by atoms with Crippen molar-refractivity contribution in [3.63, 3.8) is 0 Å². The summed E-state index contributed by atoms with van der Waals surface area (Å²) in [7, 11) is 0. The van der Waals surface area contributed by atoms with Crippen LogP contribution >= 0.6 is 0 Å². The highest BCUT2D eigenvalue weighted by molar-refractivity contribution is 5.34. The standard InChI is InChI=1S/C12H16O/c1-8(2)11-7-9-5-3-4-6-10(9)12(11)13/h3-6,8,11-13H,7H2,1-2H3/t11?,12-/m0/s1. The van der Waals surface area contributed by atoms with Crippen molar-refractivity contribution in [2.24, 2.45) is 11.8 Å². The third-order valence-corrected chi connectivity index (χ3v) is 3.09. The van der Waals surface area contributed by atoms with Crippen LogP contribution in [0.4, 0.5) is 0 Å². The first-order valence-electron chi connectivity index (χ1n) is 4.96. The summed E-state index contributed by atoms with van der Waals surface area (Å²) in [4.78, 5) is 0. The van der Waals surface area contributed by atoms with Gasteiger partial charge in [-0.2, -0.15) is 0 Å². The minimum absolute atomic E-state index is 0.240. The van der Waals surface area contributed by atoms with Gasteiger partial charge in [-0.1, -0.05) is 38.1 Å². The Labute approximate surface area is 79.4 Å². The molecule has 0 amide bonds. The Balaban J connectivity index is 2.32. The molecule has 0 saturated carbocycles. The maximum atomic E-state index is 10.0. The second kappa shape index (κ2) is 3.15. The predicted octanol–water partition coefficient (Wildman–Crippen LogP) is 2.55. The second-order valence-corrected chi connectivity index (χ2v) is 4.26. The van der Waals surface area contributed by atoms with Gasteiger partial charge in [0.2, 0.25) is 0 Å². The maximum Gasteiger partial charge on any atom is 0.0826 e. The Morgan fingerprint density at radius 2 is 2.00 bits per heavy atom. The molecule has 0 heterocycles. The fraction of sp³-hybridized carbons (Fsp3) is 0.500. The zero-order chi connectivity index (χ0) is 9.42. The molecule has 13 heavy (non-hydrogen) atoms. The normalized spacial score (nSPS) is 26.5. The molecular weight excluding hydrogens is 160 g/mol. The summed E-state index contributed by atoms with van der Waals surface area (Å²) in [5.74, 6) is 0.972. The summed E-state index contributed by atoms with van der Waals surface area (Å²) >= 11 is 0. The van der Waals surface area contributed by atoms with E-state index in [9.17, 15) is 5.11 Å². The van der Waals surface area contributed by atoms with Gasteiger partial charge >= 0.3 is 0 Å². The molecule has 0 saturated heterocycles. The van der Waals surface area contributed by atoms with Gasteiger partial charge in [-0.05, 0) is 29.4 Å². The van der Waals surface area contributed by atoms with Crippen LogP contribution in [-0.4, -0.2) is 5.11 Å².